The van der Waals surface area contributed by atoms with Gasteiger partial charge in [0.25, 0.3) is 0 Å². The Hall–Kier alpha value is 0.400. The molecule has 1 fully saturated rings. The molecule has 1 rings (SSSR count). The van der Waals surface area contributed by atoms with Gasteiger partial charge in [-0.25, -0.2) is 0 Å². The van der Waals surface area contributed by atoms with E-state index in [1.165, 1.54) is 12.8 Å². The Bertz CT molecular complexity index is 133. The fourth-order valence-electron chi connectivity index (χ4n) is 1.50. The highest BCUT2D eigenvalue weighted by atomic mass is 127. The molecule has 0 N–H and O–H groups in total. The molecule has 2 atom stereocenters. The summed E-state index contributed by atoms with van der Waals surface area (Å²) in [5, 5.41) is 0. The van der Waals surface area contributed by atoms with Gasteiger partial charge in [-0.1, -0.05) is 29.0 Å². The highest BCUT2D eigenvalue weighted by molar-refractivity contribution is 14.1. The molecule has 0 radical (unpaired) electrons. The lowest BCUT2D eigenvalue weighted by atomic mass is 9.87. The van der Waals surface area contributed by atoms with Gasteiger partial charge in [-0.2, -0.15) is 0 Å². The maximum absolute atomic E-state index is 10.9. The topological polar surface area (TPSA) is 17.1 Å². The molecule has 0 heterocycles. The van der Waals surface area contributed by atoms with Gasteiger partial charge in [0, 0.05) is 9.84 Å². The summed E-state index contributed by atoms with van der Waals surface area (Å²) in [7, 11) is 0. The molecule has 2 unspecified atom stereocenters. The molecule has 0 amide bonds. The first kappa shape index (κ1) is 8.50. The fraction of sp³-hybridized carbons (Fsp3) is 0.875. The fourth-order valence-corrected chi connectivity index (χ4v) is 2.55. The van der Waals surface area contributed by atoms with Crippen LogP contribution in [0.4, 0.5) is 0 Å². The molecule has 58 valence electrons. The van der Waals surface area contributed by atoms with E-state index in [1.54, 1.807) is 6.92 Å². The molecule has 0 saturated heterocycles. The molecule has 0 aromatic carbocycles. The van der Waals surface area contributed by atoms with Crippen molar-refractivity contribution in [2.75, 3.05) is 0 Å². The zero-order chi connectivity index (χ0) is 7.56. The summed E-state index contributed by atoms with van der Waals surface area (Å²) in [5.74, 6) is 0.775. The molecule has 10 heavy (non-hydrogen) atoms. The van der Waals surface area contributed by atoms with Gasteiger partial charge in [0.2, 0.25) is 0 Å². The SMILES string of the molecule is CC(=O)C1CCCC(I)C1. The summed E-state index contributed by atoms with van der Waals surface area (Å²) in [5.41, 5.74) is 0. The number of hydrogen-bond acceptors (Lipinski definition) is 1. The van der Waals surface area contributed by atoms with Crippen molar-refractivity contribution in [2.24, 2.45) is 5.92 Å². The van der Waals surface area contributed by atoms with Crippen LogP contribution in [-0.4, -0.2) is 9.71 Å². The lowest BCUT2D eigenvalue weighted by molar-refractivity contribution is -0.121. The first-order chi connectivity index (χ1) is 4.70. The Morgan fingerprint density at radius 1 is 1.50 bits per heavy atom. The van der Waals surface area contributed by atoms with Crippen LogP contribution in [0.1, 0.15) is 32.6 Å². The van der Waals surface area contributed by atoms with E-state index >= 15 is 0 Å². The van der Waals surface area contributed by atoms with E-state index in [9.17, 15) is 4.79 Å². The molecule has 0 bridgehead atoms. The van der Waals surface area contributed by atoms with E-state index in [0.717, 1.165) is 16.8 Å². The van der Waals surface area contributed by atoms with Gasteiger partial charge >= 0.3 is 0 Å². The summed E-state index contributed by atoms with van der Waals surface area (Å²) in [6.45, 7) is 1.72. The van der Waals surface area contributed by atoms with Gasteiger partial charge in [-0.05, 0) is 26.2 Å². The van der Waals surface area contributed by atoms with Crippen molar-refractivity contribution in [3.8, 4) is 0 Å². The smallest absolute Gasteiger partial charge is 0.132 e. The van der Waals surface area contributed by atoms with Crippen molar-refractivity contribution in [3.63, 3.8) is 0 Å². The molecule has 0 aliphatic heterocycles. The molecule has 1 aliphatic carbocycles. The van der Waals surface area contributed by atoms with Gasteiger partial charge < -0.3 is 0 Å². The monoisotopic (exact) mass is 252 g/mol. The van der Waals surface area contributed by atoms with E-state index in [2.05, 4.69) is 22.6 Å². The number of Topliss-reactive ketones (excluding diaryl/α,β-unsaturated/α-hetero) is 1. The van der Waals surface area contributed by atoms with Gasteiger partial charge in [-0.15, -0.1) is 0 Å². The van der Waals surface area contributed by atoms with Crippen LogP contribution in [0.2, 0.25) is 0 Å². The Balaban J connectivity index is 2.39. The van der Waals surface area contributed by atoms with Crippen LogP contribution in [0.15, 0.2) is 0 Å². The lowest BCUT2D eigenvalue weighted by Gasteiger charge is -2.23. The van der Waals surface area contributed by atoms with Crippen LogP contribution in [0.5, 0.6) is 0 Å². The Kier molecular flexibility index (Phi) is 3.14. The molecule has 0 aromatic heterocycles. The van der Waals surface area contributed by atoms with Crippen LogP contribution in [0, 0.1) is 5.92 Å². The third-order valence-electron chi connectivity index (χ3n) is 2.19. The van der Waals surface area contributed by atoms with Gasteiger partial charge in [0.05, 0.1) is 0 Å². The molecule has 0 spiro atoms. The Morgan fingerprint density at radius 2 is 2.20 bits per heavy atom. The first-order valence-electron chi connectivity index (χ1n) is 3.84. The molecule has 0 aromatic rings. The van der Waals surface area contributed by atoms with Crippen LogP contribution in [0.25, 0.3) is 0 Å². The van der Waals surface area contributed by atoms with E-state index in [0.29, 0.717) is 11.7 Å². The van der Waals surface area contributed by atoms with Crippen LogP contribution in [-0.2, 0) is 4.79 Å². The summed E-state index contributed by atoms with van der Waals surface area (Å²) < 4.78 is 0.750. The number of alkyl halides is 1. The number of carbonyl (C=O) groups excluding carboxylic acids is 1. The summed E-state index contributed by atoms with van der Waals surface area (Å²) in [6.07, 6.45) is 4.81. The quantitative estimate of drug-likeness (QED) is 0.517. The summed E-state index contributed by atoms with van der Waals surface area (Å²) in [4.78, 5) is 10.9. The van der Waals surface area contributed by atoms with E-state index < -0.39 is 0 Å². The number of rotatable bonds is 1. The number of hydrogen-bond donors (Lipinski definition) is 0. The van der Waals surface area contributed by atoms with Crippen molar-refractivity contribution in [2.45, 2.75) is 36.5 Å². The molecular formula is C8H13IO. The van der Waals surface area contributed by atoms with Gasteiger partial charge in [-0.3, -0.25) is 4.79 Å². The molecule has 2 heteroatoms. The normalized spacial score (nSPS) is 33.8. The van der Waals surface area contributed by atoms with Crippen LogP contribution < -0.4 is 0 Å². The summed E-state index contributed by atoms with van der Waals surface area (Å²) >= 11 is 2.45. The predicted molar refractivity (Wildman–Crippen MR) is 50.4 cm³/mol. The van der Waals surface area contributed by atoms with E-state index in [4.69, 9.17) is 0 Å². The molecule has 1 saturated carbocycles. The standard InChI is InChI=1S/C8H13IO/c1-6(10)7-3-2-4-8(9)5-7/h7-8H,2-5H2,1H3. The average molecular weight is 252 g/mol. The zero-order valence-electron chi connectivity index (χ0n) is 6.27. The summed E-state index contributed by atoms with van der Waals surface area (Å²) in [6, 6.07) is 0. The second-order valence-corrected chi connectivity index (χ2v) is 4.83. The minimum Gasteiger partial charge on any atom is -0.300 e. The van der Waals surface area contributed by atoms with E-state index in [1.807, 2.05) is 0 Å². The minimum absolute atomic E-state index is 0.385. The lowest BCUT2D eigenvalue weighted by Crippen LogP contribution is -2.20. The van der Waals surface area contributed by atoms with Gasteiger partial charge in [0.1, 0.15) is 5.78 Å². The van der Waals surface area contributed by atoms with Crippen molar-refractivity contribution < 1.29 is 4.79 Å². The maximum atomic E-state index is 10.9. The van der Waals surface area contributed by atoms with Crippen LogP contribution >= 0.6 is 22.6 Å². The average Bonchev–Trinajstić information content (AvgIpc) is 1.88. The van der Waals surface area contributed by atoms with Crippen molar-refractivity contribution in [1.29, 1.82) is 0 Å². The number of halogens is 1. The first-order valence-corrected chi connectivity index (χ1v) is 5.09. The third kappa shape index (κ3) is 2.22. The predicted octanol–water partition coefficient (Wildman–Crippen LogP) is 2.57. The maximum Gasteiger partial charge on any atom is 0.132 e. The Morgan fingerprint density at radius 3 is 2.60 bits per heavy atom. The second kappa shape index (κ2) is 3.69. The number of carbonyl (C=O) groups is 1. The largest absolute Gasteiger partial charge is 0.300 e. The highest BCUT2D eigenvalue weighted by Crippen LogP contribution is 2.29. The zero-order valence-corrected chi connectivity index (χ0v) is 8.43. The Labute approximate surface area is 75.7 Å². The highest BCUT2D eigenvalue weighted by Gasteiger charge is 2.22. The third-order valence-corrected chi connectivity index (χ3v) is 3.32. The van der Waals surface area contributed by atoms with E-state index in [-0.39, 0.29) is 0 Å². The minimum atomic E-state index is 0.385. The van der Waals surface area contributed by atoms with Crippen molar-refractivity contribution in [1.82, 2.24) is 0 Å². The molecular weight excluding hydrogens is 239 g/mol. The molecule has 1 nitrogen and oxygen atoms in total. The number of ketones is 1. The van der Waals surface area contributed by atoms with Crippen molar-refractivity contribution in [3.05, 3.63) is 0 Å². The molecule has 1 aliphatic rings. The second-order valence-electron chi connectivity index (χ2n) is 3.07. The van der Waals surface area contributed by atoms with Crippen molar-refractivity contribution >= 4 is 28.4 Å². The van der Waals surface area contributed by atoms with Crippen LogP contribution in [0.3, 0.4) is 0 Å². The van der Waals surface area contributed by atoms with Gasteiger partial charge in [0.15, 0.2) is 0 Å².